The Morgan fingerprint density at radius 1 is 1.13 bits per heavy atom. The van der Waals surface area contributed by atoms with Crippen LogP contribution in [0.4, 0.5) is 5.69 Å². The van der Waals surface area contributed by atoms with Crippen molar-refractivity contribution in [2.75, 3.05) is 0 Å². The molecular formula is C12H9NOS. The number of Topliss-reactive ketones (excluding diaryl/α,β-unsaturated/α-hetero) is 1. The molecule has 0 N–H and O–H groups in total. The van der Waals surface area contributed by atoms with Crippen molar-refractivity contribution in [1.29, 1.82) is 0 Å². The number of thiophene rings is 1. The maximum atomic E-state index is 11.5. The number of carbonyl (C=O) groups is 1. The summed E-state index contributed by atoms with van der Waals surface area (Å²) < 4.78 is 0. The fourth-order valence-electron chi connectivity index (χ4n) is 1.13. The van der Waals surface area contributed by atoms with Crippen LogP contribution in [0, 0.1) is 0 Å². The monoisotopic (exact) mass is 215 g/mol. The first-order chi connectivity index (χ1) is 7.36. The Morgan fingerprint density at radius 2 is 1.93 bits per heavy atom. The molecule has 2 rings (SSSR count). The van der Waals surface area contributed by atoms with E-state index >= 15 is 0 Å². The number of nitrogens with zero attached hydrogens (tertiary/aromatic N) is 1. The highest BCUT2D eigenvalue weighted by atomic mass is 32.1. The minimum atomic E-state index is -0.0474. The third kappa shape index (κ3) is 2.60. The smallest absolute Gasteiger partial charge is 0.213 e. The average Bonchev–Trinajstić information content (AvgIpc) is 2.81. The Balaban J connectivity index is 2.10. The van der Waals surface area contributed by atoms with Crippen molar-refractivity contribution >= 4 is 29.0 Å². The molecule has 15 heavy (non-hydrogen) atoms. The molecule has 0 saturated heterocycles. The van der Waals surface area contributed by atoms with Crippen LogP contribution in [0.5, 0.6) is 0 Å². The van der Waals surface area contributed by atoms with Crippen LogP contribution in [0.15, 0.2) is 52.8 Å². The summed E-state index contributed by atoms with van der Waals surface area (Å²) in [6, 6.07) is 13.1. The van der Waals surface area contributed by atoms with E-state index in [-0.39, 0.29) is 5.78 Å². The Bertz CT molecular complexity index is 460. The standard InChI is InChI=1S/C12H9NOS/c14-11(12-7-4-8-15-12)9-13-10-5-2-1-3-6-10/h1-9H. The van der Waals surface area contributed by atoms with E-state index in [0.717, 1.165) is 10.6 Å². The van der Waals surface area contributed by atoms with Gasteiger partial charge in [0.2, 0.25) is 5.78 Å². The summed E-state index contributed by atoms with van der Waals surface area (Å²) in [5.74, 6) is -0.0474. The number of hydrogen-bond acceptors (Lipinski definition) is 3. The van der Waals surface area contributed by atoms with Gasteiger partial charge in [0.25, 0.3) is 0 Å². The molecule has 0 amide bonds. The second-order valence-electron chi connectivity index (χ2n) is 2.94. The highest BCUT2D eigenvalue weighted by Crippen LogP contribution is 2.11. The van der Waals surface area contributed by atoms with Crippen molar-refractivity contribution in [3.63, 3.8) is 0 Å². The lowest BCUT2D eigenvalue weighted by atomic mass is 10.3. The third-order valence-corrected chi connectivity index (χ3v) is 2.74. The lowest BCUT2D eigenvalue weighted by Gasteiger charge is -1.90. The molecule has 1 aromatic carbocycles. The van der Waals surface area contributed by atoms with Crippen LogP contribution in [0.3, 0.4) is 0 Å². The van der Waals surface area contributed by atoms with Crippen molar-refractivity contribution in [1.82, 2.24) is 0 Å². The Morgan fingerprint density at radius 3 is 2.60 bits per heavy atom. The van der Waals surface area contributed by atoms with Crippen LogP contribution >= 0.6 is 11.3 Å². The predicted molar refractivity (Wildman–Crippen MR) is 63.2 cm³/mol. The molecule has 0 atom stereocenters. The summed E-state index contributed by atoms with van der Waals surface area (Å²) in [5, 5.41) is 1.88. The summed E-state index contributed by atoms with van der Waals surface area (Å²) in [6.45, 7) is 0. The van der Waals surface area contributed by atoms with Gasteiger partial charge in [-0.25, -0.2) is 0 Å². The van der Waals surface area contributed by atoms with Crippen LogP contribution in [-0.4, -0.2) is 12.0 Å². The predicted octanol–water partition coefficient (Wildman–Crippen LogP) is 3.33. The van der Waals surface area contributed by atoms with Gasteiger partial charge in [0.05, 0.1) is 16.8 Å². The van der Waals surface area contributed by atoms with Gasteiger partial charge in [0, 0.05) is 0 Å². The van der Waals surface area contributed by atoms with Crippen molar-refractivity contribution < 1.29 is 4.79 Å². The van der Waals surface area contributed by atoms with E-state index in [0.29, 0.717) is 0 Å². The maximum Gasteiger partial charge on any atom is 0.213 e. The van der Waals surface area contributed by atoms with Crippen molar-refractivity contribution in [3.8, 4) is 0 Å². The number of para-hydroxylation sites is 1. The zero-order valence-electron chi connectivity index (χ0n) is 7.96. The molecule has 0 aliphatic heterocycles. The highest BCUT2D eigenvalue weighted by Gasteiger charge is 2.01. The van der Waals surface area contributed by atoms with E-state index < -0.39 is 0 Å². The molecule has 3 heteroatoms. The van der Waals surface area contributed by atoms with Gasteiger partial charge in [0.1, 0.15) is 0 Å². The van der Waals surface area contributed by atoms with Crippen LogP contribution in [0.2, 0.25) is 0 Å². The van der Waals surface area contributed by atoms with Crippen LogP contribution < -0.4 is 0 Å². The molecular weight excluding hydrogens is 206 g/mol. The topological polar surface area (TPSA) is 29.4 Å². The van der Waals surface area contributed by atoms with Gasteiger partial charge in [-0.1, -0.05) is 24.3 Å². The zero-order valence-corrected chi connectivity index (χ0v) is 8.78. The number of rotatable bonds is 3. The summed E-state index contributed by atoms with van der Waals surface area (Å²) in [7, 11) is 0. The molecule has 0 unspecified atom stereocenters. The van der Waals surface area contributed by atoms with Gasteiger partial charge in [-0.05, 0) is 23.6 Å². The number of ketones is 1. The maximum absolute atomic E-state index is 11.5. The summed E-state index contributed by atoms with van der Waals surface area (Å²) >= 11 is 1.43. The molecule has 0 fully saturated rings. The van der Waals surface area contributed by atoms with Gasteiger partial charge in [-0.2, -0.15) is 0 Å². The average molecular weight is 215 g/mol. The van der Waals surface area contributed by atoms with Gasteiger partial charge in [-0.3, -0.25) is 9.79 Å². The first-order valence-corrected chi connectivity index (χ1v) is 5.41. The summed E-state index contributed by atoms with van der Waals surface area (Å²) in [4.78, 5) is 16.4. The quantitative estimate of drug-likeness (QED) is 0.570. The lowest BCUT2D eigenvalue weighted by Crippen LogP contribution is -1.95. The van der Waals surface area contributed by atoms with Crippen molar-refractivity contribution in [2.24, 2.45) is 4.99 Å². The second-order valence-corrected chi connectivity index (χ2v) is 3.88. The van der Waals surface area contributed by atoms with Gasteiger partial charge in [0.15, 0.2) is 0 Å². The second kappa shape index (κ2) is 4.66. The Kier molecular flexibility index (Phi) is 3.05. The Labute approximate surface area is 91.9 Å². The van der Waals surface area contributed by atoms with Gasteiger partial charge >= 0.3 is 0 Å². The van der Waals surface area contributed by atoms with E-state index in [9.17, 15) is 4.79 Å². The molecule has 0 radical (unpaired) electrons. The van der Waals surface area contributed by atoms with Crippen LogP contribution in [-0.2, 0) is 0 Å². The molecule has 0 saturated carbocycles. The molecule has 0 bridgehead atoms. The van der Waals surface area contributed by atoms with E-state index in [1.807, 2.05) is 41.8 Å². The van der Waals surface area contributed by atoms with Gasteiger partial charge in [-0.15, -0.1) is 11.3 Å². The van der Waals surface area contributed by atoms with E-state index in [1.165, 1.54) is 17.6 Å². The largest absolute Gasteiger partial charge is 0.287 e. The minimum absolute atomic E-state index is 0.0474. The van der Waals surface area contributed by atoms with E-state index in [4.69, 9.17) is 0 Å². The molecule has 1 aromatic heterocycles. The first-order valence-electron chi connectivity index (χ1n) is 4.53. The molecule has 0 aliphatic carbocycles. The molecule has 2 aromatic rings. The molecule has 0 spiro atoms. The summed E-state index contributed by atoms with van der Waals surface area (Å²) in [6.07, 6.45) is 1.36. The van der Waals surface area contributed by atoms with E-state index in [1.54, 1.807) is 6.07 Å². The molecule has 0 aliphatic rings. The Hall–Kier alpha value is -1.74. The van der Waals surface area contributed by atoms with Crippen molar-refractivity contribution in [2.45, 2.75) is 0 Å². The van der Waals surface area contributed by atoms with E-state index in [2.05, 4.69) is 4.99 Å². The minimum Gasteiger partial charge on any atom is -0.287 e. The highest BCUT2D eigenvalue weighted by molar-refractivity contribution is 7.12. The third-order valence-electron chi connectivity index (χ3n) is 1.85. The normalized spacial score (nSPS) is 10.7. The number of carbonyl (C=O) groups excluding carboxylic acids is 1. The zero-order chi connectivity index (χ0) is 10.5. The molecule has 2 nitrogen and oxygen atoms in total. The number of aliphatic imine (C=N–C) groups is 1. The number of benzene rings is 1. The first kappa shape index (κ1) is 9.80. The summed E-state index contributed by atoms with van der Waals surface area (Å²) in [5.41, 5.74) is 0.794. The van der Waals surface area contributed by atoms with Gasteiger partial charge < -0.3 is 0 Å². The fraction of sp³-hybridized carbons (Fsp3) is 0. The SMILES string of the molecule is O=C(C=Nc1ccccc1)c1cccs1. The lowest BCUT2D eigenvalue weighted by molar-refractivity contribution is 0.107. The molecule has 1 heterocycles. The van der Waals surface area contributed by atoms with Crippen molar-refractivity contribution in [3.05, 3.63) is 52.7 Å². The fourth-order valence-corrected chi connectivity index (χ4v) is 1.76. The molecule has 74 valence electrons. The van der Waals surface area contributed by atoms with Crippen LogP contribution in [0.25, 0.3) is 0 Å². The number of hydrogen-bond donors (Lipinski definition) is 0. The van der Waals surface area contributed by atoms with Crippen LogP contribution in [0.1, 0.15) is 9.67 Å².